The molecule has 1 aliphatic rings. The van der Waals surface area contributed by atoms with E-state index in [1.165, 1.54) is 29.4 Å². The van der Waals surface area contributed by atoms with Crippen LogP contribution in [0.15, 0.2) is 42.7 Å². The Morgan fingerprint density at radius 3 is 2.73 bits per heavy atom. The highest BCUT2D eigenvalue weighted by atomic mass is 19.2. The minimum Gasteiger partial charge on any atom is -0.435 e. The standard InChI is InChI=1S/C21H19F2N5O2/c1-2-12-8-11-28(20(12)29)15-5-6-16(18(23)17(15)22)30-19-13(4-3-9-25-19)14-7-10-26-21(24)27-14/h3-7,9-10,12H,2,8,11H2,1H3,(H2,24,26,27). The molecule has 1 saturated heterocycles. The summed E-state index contributed by atoms with van der Waals surface area (Å²) in [5.74, 6) is -2.95. The van der Waals surface area contributed by atoms with Gasteiger partial charge in [0, 0.05) is 24.9 Å². The van der Waals surface area contributed by atoms with E-state index >= 15 is 0 Å². The van der Waals surface area contributed by atoms with Crippen LogP contribution in [0, 0.1) is 17.6 Å². The lowest BCUT2D eigenvalue weighted by Crippen LogP contribution is -2.28. The Labute approximate surface area is 171 Å². The summed E-state index contributed by atoms with van der Waals surface area (Å²) in [5, 5.41) is 0. The van der Waals surface area contributed by atoms with E-state index in [1.54, 1.807) is 18.2 Å². The number of hydrogen-bond donors (Lipinski definition) is 1. The largest absolute Gasteiger partial charge is 0.435 e. The van der Waals surface area contributed by atoms with Crippen LogP contribution < -0.4 is 15.4 Å². The lowest BCUT2D eigenvalue weighted by atomic mass is 10.1. The lowest BCUT2D eigenvalue weighted by molar-refractivity contribution is -0.120. The van der Waals surface area contributed by atoms with Gasteiger partial charge < -0.3 is 15.4 Å². The fourth-order valence-corrected chi connectivity index (χ4v) is 3.46. The minimum absolute atomic E-state index is 0.0324. The van der Waals surface area contributed by atoms with E-state index in [9.17, 15) is 13.6 Å². The molecule has 2 aromatic heterocycles. The average Bonchev–Trinajstić information content (AvgIpc) is 3.12. The molecule has 4 rings (SSSR count). The molecule has 2 N–H and O–H groups in total. The molecule has 9 heteroatoms. The van der Waals surface area contributed by atoms with Gasteiger partial charge in [0.2, 0.25) is 23.6 Å². The number of nitrogen functional groups attached to an aromatic ring is 1. The zero-order valence-electron chi connectivity index (χ0n) is 16.2. The molecular formula is C21H19F2N5O2. The first-order chi connectivity index (χ1) is 14.5. The first kappa shape index (κ1) is 19.7. The summed E-state index contributed by atoms with van der Waals surface area (Å²) in [4.78, 5) is 25.7. The van der Waals surface area contributed by atoms with E-state index in [1.807, 2.05) is 6.92 Å². The number of nitrogens with two attached hydrogens (primary N) is 1. The van der Waals surface area contributed by atoms with Gasteiger partial charge in [0.25, 0.3) is 0 Å². The van der Waals surface area contributed by atoms with Crippen molar-refractivity contribution in [1.82, 2.24) is 15.0 Å². The van der Waals surface area contributed by atoms with E-state index < -0.39 is 11.6 Å². The van der Waals surface area contributed by atoms with Gasteiger partial charge in [0.15, 0.2) is 11.6 Å². The molecule has 0 aliphatic carbocycles. The molecule has 1 atom stereocenters. The Bertz CT molecular complexity index is 1110. The lowest BCUT2D eigenvalue weighted by Gasteiger charge is -2.19. The molecule has 1 amide bonds. The van der Waals surface area contributed by atoms with Gasteiger partial charge in [-0.1, -0.05) is 6.92 Å². The van der Waals surface area contributed by atoms with Crippen LogP contribution in [0.4, 0.5) is 20.4 Å². The van der Waals surface area contributed by atoms with Crippen molar-refractivity contribution < 1.29 is 18.3 Å². The van der Waals surface area contributed by atoms with E-state index in [4.69, 9.17) is 10.5 Å². The van der Waals surface area contributed by atoms with Gasteiger partial charge in [0.05, 0.1) is 16.9 Å². The smallest absolute Gasteiger partial charge is 0.230 e. The molecule has 3 heterocycles. The second kappa shape index (κ2) is 8.02. The third kappa shape index (κ3) is 3.54. The number of benzene rings is 1. The molecule has 30 heavy (non-hydrogen) atoms. The SMILES string of the molecule is CCC1CCN(c2ccc(Oc3ncccc3-c3ccnc(N)n3)c(F)c2F)C1=O. The number of anilines is 2. The Morgan fingerprint density at radius 1 is 1.17 bits per heavy atom. The number of carbonyl (C=O) groups excluding carboxylic acids is 1. The fraction of sp³-hybridized carbons (Fsp3) is 0.238. The maximum atomic E-state index is 14.8. The van der Waals surface area contributed by atoms with Crippen LogP contribution in [0.2, 0.25) is 0 Å². The third-order valence-corrected chi connectivity index (χ3v) is 5.05. The molecular weight excluding hydrogens is 392 g/mol. The molecule has 1 fully saturated rings. The molecule has 0 saturated carbocycles. The summed E-state index contributed by atoms with van der Waals surface area (Å²) in [7, 11) is 0. The van der Waals surface area contributed by atoms with Crippen molar-refractivity contribution in [3.8, 4) is 22.9 Å². The predicted molar refractivity (Wildman–Crippen MR) is 107 cm³/mol. The number of ether oxygens (including phenoxy) is 1. The third-order valence-electron chi connectivity index (χ3n) is 5.05. The van der Waals surface area contributed by atoms with Gasteiger partial charge in [-0.25, -0.2) is 19.3 Å². The topological polar surface area (TPSA) is 94.2 Å². The van der Waals surface area contributed by atoms with Crippen LogP contribution in [-0.4, -0.2) is 27.4 Å². The van der Waals surface area contributed by atoms with Gasteiger partial charge in [-0.3, -0.25) is 4.79 Å². The number of carbonyl (C=O) groups is 1. The molecule has 1 aliphatic heterocycles. The predicted octanol–water partition coefficient (Wildman–Crippen LogP) is 3.95. The van der Waals surface area contributed by atoms with E-state index in [2.05, 4.69) is 15.0 Å². The zero-order valence-corrected chi connectivity index (χ0v) is 16.2. The van der Waals surface area contributed by atoms with Gasteiger partial charge in [-0.2, -0.15) is 4.39 Å². The highest BCUT2D eigenvalue weighted by molar-refractivity contribution is 5.97. The molecule has 3 aromatic rings. The normalized spacial score (nSPS) is 16.2. The Kier molecular flexibility index (Phi) is 5.26. The Morgan fingerprint density at radius 2 is 2.00 bits per heavy atom. The van der Waals surface area contributed by atoms with Crippen LogP contribution in [0.5, 0.6) is 11.6 Å². The van der Waals surface area contributed by atoms with Gasteiger partial charge >= 0.3 is 0 Å². The molecule has 154 valence electrons. The summed E-state index contributed by atoms with van der Waals surface area (Å²) < 4.78 is 35.2. The highest BCUT2D eigenvalue weighted by Crippen LogP contribution is 2.36. The van der Waals surface area contributed by atoms with Gasteiger partial charge in [-0.05, 0) is 43.2 Å². The number of rotatable bonds is 5. The van der Waals surface area contributed by atoms with Crippen molar-refractivity contribution in [2.45, 2.75) is 19.8 Å². The molecule has 0 bridgehead atoms. The van der Waals surface area contributed by atoms with Crippen molar-refractivity contribution in [3.05, 3.63) is 54.4 Å². The van der Waals surface area contributed by atoms with Crippen LogP contribution in [0.25, 0.3) is 11.3 Å². The maximum absolute atomic E-state index is 14.8. The fourth-order valence-electron chi connectivity index (χ4n) is 3.46. The van der Waals surface area contributed by atoms with Crippen LogP contribution in [0.1, 0.15) is 19.8 Å². The second-order valence-corrected chi connectivity index (χ2v) is 6.85. The molecule has 0 spiro atoms. The van der Waals surface area contributed by atoms with Gasteiger partial charge in [0.1, 0.15) is 0 Å². The first-order valence-electron chi connectivity index (χ1n) is 9.50. The van der Waals surface area contributed by atoms with Crippen molar-refractivity contribution in [2.75, 3.05) is 17.2 Å². The second-order valence-electron chi connectivity index (χ2n) is 6.85. The Balaban J connectivity index is 1.66. The van der Waals surface area contributed by atoms with E-state index in [-0.39, 0.29) is 35.1 Å². The zero-order chi connectivity index (χ0) is 21.3. The van der Waals surface area contributed by atoms with Crippen LogP contribution in [-0.2, 0) is 4.79 Å². The van der Waals surface area contributed by atoms with E-state index in [0.29, 0.717) is 30.6 Å². The number of aromatic nitrogens is 3. The quantitative estimate of drug-likeness (QED) is 0.683. The number of halogens is 2. The van der Waals surface area contributed by atoms with E-state index in [0.717, 1.165) is 0 Å². The molecule has 1 aromatic carbocycles. The van der Waals surface area contributed by atoms with Crippen molar-refractivity contribution in [2.24, 2.45) is 5.92 Å². The summed E-state index contributed by atoms with van der Waals surface area (Å²) >= 11 is 0. The molecule has 1 unspecified atom stereocenters. The summed E-state index contributed by atoms with van der Waals surface area (Å²) in [6.07, 6.45) is 4.21. The summed E-state index contributed by atoms with van der Waals surface area (Å²) in [6, 6.07) is 7.55. The minimum atomic E-state index is -1.20. The van der Waals surface area contributed by atoms with Gasteiger partial charge in [-0.15, -0.1) is 0 Å². The van der Waals surface area contributed by atoms with Crippen molar-refractivity contribution >= 4 is 17.5 Å². The van der Waals surface area contributed by atoms with Crippen molar-refractivity contribution in [3.63, 3.8) is 0 Å². The van der Waals surface area contributed by atoms with Crippen LogP contribution >= 0.6 is 0 Å². The number of nitrogens with zero attached hydrogens (tertiary/aromatic N) is 4. The molecule has 0 radical (unpaired) electrons. The van der Waals surface area contributed by atoms with Crippen LogP contribution in [0.3, 0.4) is 0 Å². The monoisotopic (exact) mass is 411 g/mol. The summed E-state index contributed by atoms with van der Waals surface area (Å²) in [5.41, 5.74) is 6.40. The number of amides is 1. The Hall–Kier alpha value is -3.62. The average molecular weight is 411 g/mol. The maximum Gasteiger partial charge on any atom is 0.230 e. The summed E-state index contributed by atoms with van der Waals surface area (Å²) in [6.45, 7) is 2.25. The first-order valence-corrected chi connectivity index (χ1v) is 9.50. The molecule has 7 nitrogen and oxygen atoms in total. The number of pyridine rings is 1. The number of hydrogen-bond acceptors (Lipinski definition) is 6. The highest BCUT2D eigenvalue weighted by Gasteiger charge is 2.33. The van der Waals surface area contributed by atoms with Crippen molar-refractivity contribution in [1.29, 1.82) is 0 Å².